The summed E-state index contributed by atoms with van der Waals surface area (Å²) < 4.78 is 1.03. The van der Waals surface area contributed by atoms with Gasteiger partial charge in [-0.05, 0) is 37.5 Å². The Kier molecular flexibility index (Phi) is 3.10. The van der Waals surface area contributed by atoms with Crippen molar-refractivity contribution >= 4 is 27.5 Å². The van der Waals surface area contributed by atoms with Crippen molar-refractivity contribution in [2.75, 3.05) is 11.4 Å². The van der Waals surface area contributed by atoms with E-state index in [2.05, 4.69) is 15.9 Å². The first-order valence-electron chi connectivity index (χ1n) is 5.25. The molecule has 2 rings (SSSR count). The van der Waals surface area contributed by atoms with Gasteiger partial charge in [0.25, 0.3) is 0 Å². The van der Waals surface area contributed by atoms with E-state index >= 15 is 0 Å². The average Bonchev–Trinajstić information content (AvgIpc) is 2.23. The van der Waals surface area contributed by atoms with Crippen LogP contribution in [-0.4, -0.2) is 12.5 Å². The van der Waals surface area contributed by atoms with E-state index in [0.29, 0.717) is 6.42 Å². The van der Waals surface area contributed by atoms with Gasteiger partial charge in [0.1, 0.15) is 0 Å². The largest absolute Gasteiger partial charge is 0.312 e. The SMILES string of the molecule is Cc1ccc(Br)cc1N1CCCCC1=O. The summed E-state index contributed by atoms with van der Waals surface area (Å²) in [5.74, 6) is 0.252. The molecule has 3 heteroatoms. The summed E-state index contributed by atoms with van der Waals surface area (Å²) in [5.41, 5.74) is 2.21. The predicted octanol–water partition coefficient (Wildman–Crippen LogP) is 3.27. The highest BCUT2D eigenvalue weighted by atomic mass is 79.9. The van der Waals surface area contributed by atoms with E-state index in [9.17, 15) is 4.79 Å². The minimum absolute atomic E-state index is 0.252. The summed E-state index contributed by atoms with van der Waals surface area (Å²) in [7, 11) is 0. The molecule has 1 heterocycles. The Hall–Kier alpha value is -0.830. The fraction of sp³-hybridized carbons (Fsp3) is 0.417. The van der Waals surface area contributed by atoms with E-state index < -0.39 is 0 Å². The zero-order chi connectivity index (χ0) is 10.8. The molecule has 0 bridgehead atoms. The lowest BCUT2D eigenvalue weighted by Crippen LogP contribution is -2.35. The Bertz CT molecular complexity index is 389. The van der Waals surface area contributed by atoms with Gasteiger partial charge in [0.05, 0.1) is 0 Å². The highest BCUT2D eigenvalue weighted by molar-refractivity contribution is 9.10. The fourth-order valence-electron chi connectivity index (χ4n) is 1.93. The highest BCUT2D eigenvalue weighted by Gasteiger charge is 2.20. The number of hydrogen-bond donors (Lipinski definition) is 0. The van der Waals surface area contributed by atoms with Crippen LogP contribution in [0.3, 0.4) is 0 Å². The third-order valence-electron chi connectivity index (χ3n) is 2.79. The van der Waals surface area contributed by atoms with E-state index in [0.717, 1.165) is 35.1 Å². The summed E-state index contributed by atoms with van der Waals surface area (Å²) in [4.78, 5) is 13.7. The molecule has 1 aliphatic rings. The van der Waals surface area contributed by atoms with Crippen LogP contribution in [0.1, 0.15) is 24.8 Å². The van der Waals surface area contributed by atoms with Crippen molar-refractivity contribution in [1.29, 1.82) is 0 Å². The number of piperidine rings is 1. The van der Waals surface area contributed by atoms with Crippen molar-refractivity contribution in [3.8, 4) is 0 Å². The molecule has 0 radical (unpaired) electrons. The second-order valence-electron chi connectivity index (χ2n) is 3.93. The quantitative estimate of drug-likeness (QED) is 0.765. The molecule has 1 amide bonds. The van der Waals surface area contributed by atoms with Crippen LogP contribution in [0.25, 0.3) is 0 Å². The first kappa shape index (κ1) is 10.7. The maximum atomic E-state index is 11.8. The van der Waals surface area contributed by atoms with Crippen LogP contribution >= 0.6 is 15.9 Å². The van der Waals surface area contributed by atoms with Gasteiger partial charge in [-0.3, -0.25) is 4.79 Å². The molecule has 1 aliphatic heterocycles. The summed E-state index contributed by atoms with van der Waals surface area (Å²) in [5, 5.41) is 0. The number of benzene rings is 1. The van der Waals surface area contributed by atoms with Crippen LogP contribution in [0.2, 0.25) is 0 Å². The highest BCUT2D eigenvalue weighted by Crippen LogP contribution is 2.27. The molecule has 0 aromatic heterocycles. The van der Waals surface area contributed by atoms with Gasteiger partial charge in [-0.25, -0.2) is 0 Å². The van der Waals surface area contributed by atoms with E-state index in [1.54, 1.807) is 0 Å². The zero-order valence-corrected chi connectivity index (χ0v) is 10.4. The first-order chi connectivity index (χ1) is 7.18. The summed E-state index contributed by atoms with van der Waals surface area (Å²) in [6, 6.07) is 6.08. The smallest absolute Gasteiger partial charge is 0.226 e. The number of anilines is 1. The van der Waals surface area contributed by atoms with Gasteiger partial charge in [0, 0.05) is 23.1 Å². The standard InChI is InChI=1S/C12H14BrNO/c1-9-5-6-10(13)8-11(9)14-7-3-2-4-12(14)15/h5-6,8H,2-4,7H2,1H3. The predicted molar refractivity (Wildman–Crippen MR) is 65.1 cm³/mol. The van der Waals surface area contributed by atoms with Crippen LogP contribution < -0.4 is 4.90 Å². The Balaban J connectivity index is 2.34. The molecular weight excluding hydrogens is 254 g/mol. The monoisotopic (exact) mass is 267 g/mol. The van der Waals surface area contributed by atoms with Crippen molar-refractivity contribution in [3.05, 3.63) is 28.2 Å². The number of hydrogen-bond acceptors (Lipinski definition) is 1. The molecule has 1 saturated heterocycles. The van der Waals surface area contributed by atoms with Gasteiger partial charge in [0.15, 0.2) is 0 Å². The van der Waals surface area contributed by atoms with Crippen molar-refractivity contribution < 1.29 is 4.79 Å². The van der Waals surface area contributed by atoms with Crippen LogP contribution in [0.15, 0.2) is 22.7 Å². The minimum Gasteiger partial charge on any atom is -0.312 e. The van der Waals surface area contributed by atoms with Crippen LogP contribution in [-0.2, 0) is 4.79 Å². The normalized spacial score (nSPS) is 16.9. The summed E-state index contributed by atoms with van der Waals surface area (Å²) >= 11 is 3.44. The molecule has 80 valence electrons. The number of amides is 1. The lowest BCUT2D eigenvalue weighted by atomic mass is 10.1. The maximum Gasteiger partial charge on any atom is 0.226 e. The number of halogens is 1. The minimum atomic E-state index is 0.252. The number of carbonyl (C=O) groups excluding carboxylic acids is 1. The van der Waals surface area contributed by atoms with Gasteiger partial charge in [0.2, 0.25) is 5.91 Å². The van der Waals surface area contributed by atoms with Crippen molar-refractivity contribution in [1.82, 2.24) is 0 Å². The molecule has 2 nitrogen and oxygen atoms in total. The second kappa shape index (κ2) is 4.35. The molecule has 0 aliphatic carbocycles. The van der Waals surface area contributed by atoms with Gasteiger partial charge < -0.3 is 4.90 Å². The van der Waals surface area contributed by atoms with Gasteiger partial charge in [-0.1, -0.05) is 22.0 Å². The lowest BCUT2D eigenvalue weighted by molar-refractivity contribution is -0.119. The molecular formula is C12H14BrNO. The topological polar surface area (TPSA) is 20.3 Å². The Morgan fingerprint density at radius 1 is 1.33 bits per heavy atom. The Morgan fingerprint density at radius 3 is 2.87 bits per heavy atom. The average molecular weight is 268 g/mol. The second-order valence-corrected chi connectivity index (χ2v) is 4.85. The zero-order valence-electron chi connectivity index (χ0n) is 8.79. The van der Waals surface area contributed by atoms with Crippen molar-refractivity contribution in [3.63, 3.8) is 0 Å². The van der Waals surface area contributed by atoms with Crippen molar-refractivity contribution in [2.24, 2.45) is 0 Å². The molecule has 1 aromatic carbocycles. The van der Waals surface area contributed by atoms with Gasteiger partial charge in [-0.15, -0.1) is 0 Å². The Morgan fingerprint density at radius 2 is 2.13 bits per heavy atom. The Labute approximate surface area is 98.4 Å². The summed E-state index contributed by atoms with van der Waals surface area (Å²) in [6.45, 7) is 2.90. The van der Waals surface area contributed by atoms with Crippen LogP contribution in [0, 0.1) is 6.92 Å². The molecule has 1 aromatic rings. The van der Waals surface area contributed by atoms with E-state index in [-0.39, 0.29) is 5.91 Å². The molecule has 0 saturated carbocycles. The van der Waals surface area contributed by atoms with Crippen molar-refractivity contribution in [2.45, 2.75) is 26.2 Å². The molecule has 0 unspecified atom stereocenters. The van der Waals surface area contributed by atoms with Gasteiger partial charge in [-0.2, -0.15) is 0 Å². The third kappa shape index (κ3) is 2.23. The number of aryl methyl sites for hydroxylation is 1. The van der Waals surface area contributed by atoms with Crippen LogP contribution in [0.5, 0.6) is 0 Å². The molecule has 0 spiro atoms. The van der Waals surface area contributed by atoms with Gasteiger partial charge >= 0.3 is 0 Å². The van der Waals surface area contributed by atoms with E-state index in [1.807, 2.05) is 30.0 Å². The third-order valence-corrected chi connectivity index (χ3v) is 3.28. The number of nitrogens with zero attached hydrogens (tertiary/aromatic N) is 1. The van der Waals surface area contributed by atoms with Crippen LogP contribution in [0.4, 0.5) is 5.69 Å². The molecule has 1 fully saturated rings. The molecule has 0 atom stereocenters. The lowest BCUT2D eigenvalue weighted by Gasteiger charge is -2.28. The summed E-state index contributed by atoms with van der Waals surface area (Å²) in [6.07, 6.45) is 2.83. The first-order valence-corrected chi connectivity index (χ1v) is 6.04. The maximum absolute atomic E-state index is 11.8. The molecule has 15 heavy (non-hydrogen) atoms. The fourth-order valence-corrected chi connectivity index (χ4v) is 2.28. The van der Waals surface area contributed by atoms with E-state index in [4.69, 9.17) is 0 Å². The number of rotatable bonds is 1. The van der Waals surface area contributed by atoms with E-state index in [1.165, 1.54) is 0 Å². The molecule has 0 N–H and O–H groups in total. The number of carbonyl (C=O) groups is 1.